The molecule has 0 bridgehead atoms. The van der Waals surface area contributed by atoms with Crippen molar-refractivity contribution in [2.24, 2.45) is 0 Å². The second-order valence-electron chi connectivity index (χ2n) is 5.29. The van der Waals surface area contributed by atoms with Crippen LogP contribution >= 0.6 is 15.9 Å². The number of halogens is 1. The predicted octanol–water partition coefficient (Wildman–Crippen LogP) is 0.406. The molecular formula is C13H14BrN5O3S. The number of sulfone groups is 1. The Morgan fingerprint density at radius 2 is 2.17 bits per heavy atom. The normalized spacial score (nSPS) is 19.6. The van der Waals surface area contributed by atoms with Gasteiger partial charge in [-0.3, -0.25) is 4.79 Å². The highest BCUT2D eigenvalue weighted by Crippen LogP contribution is 2.24. The van der Waals surface area contributed by atoms with Crippen molar-refractivity contribution in [3.8, 4) is 11.4 Å². The summed E-state index contributed by atoms with van der Waals surface area (Å²) in [4.78, 5) is 13.1. The Bertz CT molecular complexity index is 836. The zero-order valence-electron chi connectivity index (χ0n) is 12.0. The van der Waals surface area contributed by atoms with E-state index in [2.05, 4.69) is 36.7 Å². The fourth-order valence-electron chi connectivity index (χ4n) is 2.37. The van der Waals surface area contributed by atoms with Crippen LogP contribution in [0.3, 0.4) is 0 Å². The molecule has 1 N–H and O–H groups in total. The Morgan fingerprint density at radius 3 is 2.87 bits per heavy atom. The lowest BCUT2D eigenvalue weighted by atomic mass is 10.2. The van der Waals surface area contributed by atoms with Crippen LogP contribution in [-0.2, 0) is 21.2 Å². The molecule has 8 nitrogen and oxygen atoms in total. The largest absolute Gasteiger partial charge is 0.351 e. The Balaban J connectivity index is 1.63. The molecule has 122 valence electrons. The fraction of sp³-hybridized carbons (Fsp3) is 0.385. The van der Waals surface area contributed by atoms with Crippen LogP contribution in [0.4, 0.5) is 0 Å². The number of nitrogens with one attached hydrogen (secondary N) is 1. The van der Waals surface area contributed by atoms with Gasteiger partial charge in [0.05, 0.1) is 11.5 Å². The first-order chi connectivity index (χ1) is 10.9. The van der Waals surface area contributed by atoms with Gasteiger partial charge in [0, 0.05) is 16.1 Å². The van der Waals surface area contributed by atoms with E-state index >= 15 is 0 Å². The van der Waals surface area contributed by atoms with Crippen molar-refractivity contribution in [1.29, 1.82) is 0 Å². The third-order valence-electron chi connectivity index (χ3n) is 3.45. The van der Waals surface area contributed by atoms with Crippen LogP contribution in [0, 0.1) is 0 Å². The van der Waals surface area contributed by atoms with Gasteiger partial charge < -0.3 is 5.32 Å². The molecule has 2 aromatic rings. The summed E-state index contributed by atoms with van der Waals surface area (Å²) >= 11 is 3.41. The van der Waals surface area contributed by atoms with Gasteiger partial charge in [0.15, 0.2) is 9.84 Å². The van der Waals surface area contributed by atoms with Crippen LogP contribution in [0.15, 0.2) is 28.7 Å². The molecule has 10 heteroatoms. The minimum atomic E-state index is -3.02. The third kappa shape index (κ3) is 3.94. The predicted molar refractivity (Wildman–Crippen MR) is 86.2 cm³/mol. The van der Waals surface area contributed by atoms with Gasteiger partial charge in [-0.05, 0) is 23.8 Å². The molecule has 3 rings (SSSR count). The first-order valence-electron chi connectivity index (χ1n) is 6.95. The van der Waals surface area contributed by atoms with E-state index in [0.717, 1.165) is 10.0 Å². The first kappa shape index (κ1) is 16.1. The summed E-state index contributed by atoms with van der Waals surface area (Å²) in [6.45, 7) is -0.103. The quantitative estimate of drug-likeness (QED) is 0.797. The second kappa shape index (κ2) is 6.36. The zero-order chi connectivity index (χ0) is 16.4. The van der Waals surface area contributed by atoms with Crippen molar-refractivity contribution in [2.45, 2.75) is 19.0 Å². The maximum Gasteiger partial charge on any atom is 0.243 e. The standard InChI is InChI=1S/C13H14BrN5O3S/c14-11-4-2-1-3-10(11)13-16-18-19(17-13)7-12(20)15-9-5-6-23(21,22)8-9/h1-4,9H,5-8H2,(H,15,20)/t9-/m0/s1. The highest BCUT2D eigenvalue weighted by molar-refractivity contribution is 9.10. The summed E-state index contributed by atoms with van der Waals surface area (Å²) in [6.07, 6.45) is 0.446. The van der Waals surface area contributed by atoms with E-state index in [4.69, 9.17) is 0 Å². The minimum Gasteiger partial charge on any atom is -0.351 e. The van der Waals surface area contributed by atoms with Gasteiger partial charge >= 0.3 is 0 Å². The Kier molecular flexibility index (Phi) is 4.44. The molecule has 1 saturated heterocycles. The second-order valence-corrected chi connectivity index (χ2v) is 8.37. The lowest BCUT2D eigenvalue weighted by molar-refractivity contribution is -0.122. The average Bonchev–Trinajstić information content (AvgIpc) is 3.06. The lowest BCUT2D eigenvalue weighted by Crippen LogP contribution is -2.38. The van der Waals surface area contributed by atoms with Crippen LogP contribution < -0.4 is 5.32 Å². The van der Waals surface area contributed by atoms with Crippen molar-refractivity contribution >= 4 is 31.7 Å². The van der Waals surface area contributed by atoms with E-state index in [-0.39, 0.29) is 30.0 Å². The van der Waals surface area contributed by atoms with Crippen LogP contribution in [-0.4, -0.2) is 52.1 Å². The number of nitrogens with zero attached hydrogens (tertiary/aromatic N) is 4. The molecule has 0 unspecified atom stereocenters. The molecule has 1 fully saturated rings. The van der Waals surface area contributed by atoms with E-state index in [9.17, 15) is 13.2 Å². The lowest BCUT2D eigenvalue weighted by Gasteiger charge is -2.09. The molecule has 23 heavy (non-hydrogen) atoms. The number of amides is 1. The summed E-state index contributed by atoms with van der Waals surface area (Å²) < 4.78 is 23.6. The van der Waals surface area contributed by atoms with Crippen molar-refractivity contribution < 1.29 is 13.2 Å². The number of aromatic nitrogens is 4. The number of rotatable bonds is 4. The van der Waals surface area contributed by atoms with E-state index < -0.39 is 9.84 Å². The highest BCUT2D eigenvalue weighted by atomic mass is 79.9. The molecule has 1 atom stereocenters. The van der Waals surface area contributed by atoms with Crippen molar-refractivity contribution in [1.82, 2.24) is 25.5 Å². The number of carbonyl (C=O) groups is 1. The maximum absolute atomic E-state index is 11.9. The van der Waals surface area contributed by atoms with E-state index in [1.54, 1.807) is 0 Å². The number of tetrazole rings is 1. The summed E-state index contributed by atoms with van der Waals surface area (Å²) in [7, 11) is -3.02. The Labute approximate surface area is 141 Å². The monoisotopic (exact) mass is 399 g/mol. The van der Waals surface area contributed by atoms with Gasteiger partial charge in [0.2, 0.25) is 11.7 Å². The number of hydrogen-bond donors (Lipinski definition) is 1. The molecule has 1 aliphatic rings. The molecule has 1 aromatic carbocycles. The van der Waals surface area contributed by atoms with Gasteiger partial charge in [0.1, 0.15) is 6.54 Å². The highest BCUT2D eigenvalue weighted by Gasteiger charge is 2.29. The minimum absolute atomic E-state index is 0.00820. The van der Waals surface area contributed by atoms with E-state index in [1.165, 1.54) is 4.80 Å². The van der Waals surface area contributed by atoms with Gasteiger partial charge in [-0.2, -0.15) is 4.80 Å². The smallest absolute Gasteiger partial charge is 0.243 e. The average molecular weight is 400 g/mol. The van der Waals surface area contributed by atoms with Crippen molar-refractivity contribution in [3.05, 3.63) is 28.7 Å². The number of benzene rings is 1. The molecular weight excluding hydrogens is 386 g/mol. The SMILES string of the molecule is O=C(Cn1nnc(-c2ccccc2Br)n1)N[C@H]1CCS(=O)(=O)C1. The van der Waals surface area contributed by atoms with Crippen LogP contribution in [0.5, 0.6) is 0 Å². The molecule has 0 radical (unpaired) electrons. The van der Waals surface area contributed by atoms with Gasteiger partial charge in [-0.15, -0.1) is 10.2 Å². The van der Waals surface area contributed by atoms with E-state index in [1.807, 2.05) is 24.3 Å². The van der Waals surface area contributed by atoms with Crippen LogP contribution in [0.25, 0.3) is 11.4 Å². The molecule has 2 heterocycles. The fourth-order valence-corrected chi connectivity index (χ4v) is 4.51. The Hall–Kier alpha value is -1.81. The summed E-state index contributed by atoms with van der Waals surface area (Å²) in [5.74, 6) is 0.189. The topological polar surface area (TPSA) is 107 Å². The first-order valence-corrected chi connectivity index (χ1v) is 9.57. The molecule has 1 amide bonds. The third-order valence-corrected chi connectivity index (χ3v) is 5.91. The zero-order valence-corrected chi connectivity index (χ0v) is 14.4. The summed E-state index contributed by atoms with van der Waals surface area (Å²) in [5.41, 5.74) is 0.779. The molecule has 0 saturated carbocycles. The Morgan fingerprint density at radius 1 is 1.39 bits per heavy atom. The van der Waals surface area contributed by atoms with Gasteiger partial charge in [-0.1, -0.05) is 28.1 Å². The molecule has 1 aliphatic heterocycles. The molecule has 1 aromatic heterocycles. The maximum atomic E-state index is 11.9. The van der Waals surface area contributed by atoms with Gasteiger partial charge in [-0.25, -0.2) is 8.42 Å². The summed E-state index contributed by atoms with van der Waals surface area (Å²) in [5, 5.41) is 14.6. The van der Waals surface area contributed by atoms with Crippen molar-refractivity contribution in [2.75, 3.05) is 11.5 Å². The van der Waals surface area contributed by atoms with Crippen molar-refractivity contribution in [3.63, 3.8) is 0 Å². The molecule has 0 aliphatic carbocycles. The summed E-state index contributed by atoms with van der Waals surface area (Å²) in [6, 6.07) is 7.10. The number of hydrogen-bond acceptors (Lipinski definition) is 6. The van der Waals surface area contributed by atoms with Gasteiger partial charge in [0.25, 0.3) is 0 Å². The van der Waals surface area contributed by atoms with Crippen LogP contribution in [0.1, 0.15) is 6.42 Å². The van der Waals surface area contributed by atoms with E-state index in [0.29, 0.717) is 12.2 Å². The van der Waals surface area contributed by atoms with Crippen LogP contribution in [0.2, 0.25) is 0 Å². The number of carbonyl (C=O) groups excluding carboxylic acids is 1. The molecule has 0 spiro atoms.